The first-order valence-electron chi connectivity index (χ1n) is 10.7. The number of nitrogens with two attached hydrogens (primary N) is 1. The Hall–Kier alpha value is -2.03. The Kier molecular flexibility index (Phi) is 10.1. The number of methoxy groups -OCH3 is 1. The number of hydrogen-bond acceptors (Lipinski definition) is 6. The van der Waals surface area contributed by atoms with Gasteiger partial charge in [0.1, 0.15) is 11.9 Å². The number of aryl methyl sites for hydroxylation is 1. The number of nitrogens with one attached hydrogen (secondary N) is 1. The number of hydrogen-bond donors (Lipinski definition) is 2. The standard InChI is InChI=1S/C22H33Cl2N5O3/c1-14(2)11-18(22(31)32-4)27-21(30)16(25)13-20-26-17-12-15(5-6-19(17)28(20)3)29(9-7-23)10-8-24/h5-6,12,14,16,18H,7-11,13,25H2,1-4H3,(H,27,30)/t16-,18-/m0/s1. The second-order valence-electron chi connectivity index (χ2n) is 8.15. The zero-order chi connectivity index (χ0) is 23.8. The number of anilines is 1. The summed E-state index contributed by atoms with van der Waals surface area (Å²) in [5.41, 5.74) is 8.88. The molecule has 0 unspecified atom stereocenters. The van der Waals surface area contributed by atoms with Gasteiger partial charge in [-0.25, -0.2) is 9.78 Å². The third-order valence-electron chi connectivity index (χ3n) is 5.28. The van der Waals surface area contributed by atoms with E-state index in [0.29, 0.717) is 37.1 Å². The number of nitrogens with zero attached hydrogens (tertiary/aromatic N) is 3. The lowest BCUT2D eigenvalue weighted by molar-refractivity contribution is -0.145. The summed E-state index contributed by atoms with van der Waals surface area (Å²) >= 11 is 11.8. The van der Waals surface area contributed by atoms with Crippen LogP contribution in [0.15, 0.2) is 18.2 Å². The predicted octanol–water partition coefficient (Wildman–Crippen LogP) is 2.43. The van der Waals surface area contributed by atoms with Crippen molar-refractivity contribution in [3.63, 3.8) is 0 Å². The SMILES string of the molecule is COC(=O)[C@H](CC(C)C)NC(=O)[C@@H](N)Cc1nc2cc(N(CCCl)CCCl)ccc2n1C. The number of ether oxygens (including phenoxy) is 1. The van der Waals surface area contributed by atoms with Crippen LogP contribution in [0.3, 0.4) is 0 Å². The van der Waals surface area contributed by atoms with E-state index in [-0.39, 0.29) is 12.3 Å². The Morgan fingerprint density at radius 3 is 2.47 bits per heavy atom. The van der Waals surface area contributed by atoms with E-state index < -0.39 is 24.0 Å². The third kappa shape index (κ3) is 6.73. The molecule has 2 aromatic rings. The highest BCUT2D eigenvalue weighted by atomic mass is 35.5. The summed E-state index contributed by atoms with van der Waals surface area (Å²) in [7, 11) is 3.19. The summed E-state index contributed by atoms with van der Waals surface area (Å²) in [4.78, 5) is 31.5. The van der Waals surface area contributed by atoms with Crippen LogP contribution in [0.1, 0.15) is 26.1 Å². The zero-order valence-electron chi connectivity index (χ0n) is 19.1. The minimum atomic E-state index is -0.853. The molecule has 0 spiro atoms. The van der Waals surface area contributed by atoms with Crippen molar-refractivity contribution in [2.24, 2.45) is 18.7 Å². The van der Waals surface area contributed by atoms with Crippen molar-refractivity contribution in [3.8, 4) is 0 Å². The first kappa shape index (κ1) is 26.2. The Bertz CT molecular complexity index is 912. The van der Waals surface area contributed by atoms with Gasteiger partial charge in [0.05, 0.1) is 24.2 Å². The summed E-state index contributed by atoms with van der Waals surface area (Å²) in [6.07, 6.45) is 0.705. The molecular weight excluding hydrogens is 453 g/mol. The molecule has 0 bridgehead atoms. The van der Waals surface area contributed by atoms with Crippen LogP contribution in [-0.4, -0.2) is 65.5 Å². The molecule has 1 aromatic carbocycles. The summed E-state index contributed by atoms with van der Waals surface area (Å²) in [6.45, 7) is 5.30. The number of carbonyl (C=O) groups excluding carboxylic acids is 2. The fourth-order valence-corrected chi connectivity index (χ4v) is 4.00. The number of carbonyl (C=O) groups is 2. The van der Waals surface area contributed by atoms with Crippen LogP contribution in [0.5, 0.6) is 0 Å². The molecule has 10 heteroatoms. The highest BCUT2D eigenvalue weighted by Gasteiger charge is 2.26. The Labute approximate surface area is 199 Å². The number of alkyl halides is 2. The first-order valence-corrected chi connectivity index (χ1v) is 11.7. The van der Waals surface area contributed by atoms with Gasteiger partial charge in [-0.05, 0) is 30.5 Å². The van der Waals surface area contributed by atoms with Crippen LogP contribution in [0.4, 0.5) is 5.69 Å². The van der Waals surface area contributed by atoms with Crippen LogP contribution >= 0.6 is 23.2 Å². The van der Waals surface area contributed by atoms with Gasteiger partial charge in [0.2, 0.25) is 5.91 Å². The van der Waals surface area contributed by atoms with Crippen LogP contribution in [0.25, 0.3) is 11.0 Å². The van der Waals surface area contributed by atoms with Gasteiger partial charge in [-0.1, -0.05) is 13.8 Å². The average molecular weight is 486 g/mol. The molecule has 0 aliphatic heterocycles. The normalized spacial score (nSPS) is 13.2. The van der Waals surface area contributed by atoms with Crippen LogP contribution in [-0.2, 0) is 27.8 Å². The molecule has 0 saturated carbocycles. The number of aromatic nitrogens is 2. The highest BCUT2D eigenvalue weighted by molar-refractivity contribution is 6.18. The molecule has 1 aromatic heterocycles. The maximum Gasteiger partial charge on any atom is 0.328 e. The lowest BCUT2D eigenvalue weighted by Gasteiger charge is -2.22. The predicted molar refractivity (Wildman–Crippen MR) is 129 cm³/mol. The molecule has 32 heavy (non-hydrogen) atoms. The van der Waals surface area contributed by atoms with Crippen molar-refractivity contribution in [1.82, 2.24) is 14.9 Å². The number of rotatable bonds is 12. The van der Waals surface area contributed by atoms with E-state index in [2.05, 4.69) is 10.2 Å². The second kappa shape index (κ2) is 12.3. The largest absolute Gasteiger partial charge is 0.467 e. The summed E-state index contributed by atoms with van der Waals surface area (Å²) in [5.74, 6) is 0.990. The summed E-state index contributed by atoms with van der Waals surface area (Å²) in [5, 5.41) is 2.72. The summed E-state index contributed by atoms with van der Waals surface area (Å²) < 4.78 is 6.73. The van der Waals surface area contributed by atoms with Crippen LogP contribution < -0.4 is 16.0 Å². The molecule has 8 nitrogen and oxygen atoms in total. The maximum absolute atomic E-state index is 12.7. The van der Waals surface area contributed by atoms with E-state index in [9.17, 15) is 9.59 Å². The second-order valence-corrected chi connectivity index (χ2v) is 8.91. The average Bonchev–Trinajstić information content (AvgIpc) is 3.06. The molecule has 1 amide bonds. The van der Waals surface area contributed by atoms with Crippen LogP contribution in [0, 0.1) is 5.92 Å². The van der Waals surface area contributed by atoms with Crippen molar-refractivity contribution in [1.29, 1.82) is 0 Å². The molecule has 0 radical (unpaired) electrons. The van der Waals surface area contributed by atoms with Crippen molar-refractivity contribution in [3.05, 3.63) is 24.0 Å². The molecule has 1 heterocycles. The first-order chi connectivity index (χ1) is 15.2. The lowest BCUT2D eigenvalue weighted by Crippen LogP contribution is -2.50. The number of esters is 1. The van der Waals surface area contributed by atoms with E-state index in [1.807, 2.05) is 43.7 Å². The molecule has 0 aliphatic rings. The molecule has 178 valence electrons. The zero-order valence-corrected chi connectivity index (χ0v) is 20.6. The van der Waals surface area contributed by atoms with Gasteiger partial charge in [-0.15, -0.1) is 23.2 Å². The highest BCUT2D eigenvalue weighted by Crippen LogP contribution is 2.23. The number of halogens is 2. The molecule has 3 N–H and O–H groups in total. The lowest BCUT2D eigenvalue weighted by atomic mass is 10.0. The molecule has 2 atom stereocenters. The Balaban J connectivity index is 2.17. The number of imidazole rings is 1. The molecule has 0 saturated heterocycles. The van der Waals surface area contributed by atoms with Gasteiger partial charge in [-0.3, -0.25) is 4.79 Å². The van der Waals surface area contributed by atoms with Crippen molar-refractivity contribution < 1.29 is 14.3 Å². The minimum Gasteiger partial charge on any atom is -0.467 e. The Morgan fingerprint density at radius 2 is 1.91 bits per heavy atom. The number of benzene rings is 1. The van der Waals surface area contributed by atoms with Gasteiger partial charge in [0, 0.05) is 44.0 Å². The van der Waals surface area contributed by atoms with Gasteiger partial charge < -0.3 is 25.3 Å². The van der Waals surface area contributed by atoms with Gasteiger partial charge in [0.25, 0.3) is 0 Å². The minimum absolute atomic E-state index is 0.210. The molecule has 2 rings (SSSR count). The van der Waals surface area contributed by atoms with Crippen molar-refractivity contribution in [2.45, 2.75) is 38.8 Å². The van der Waals surface area contributed by atoms with Crippen molar-refractivity contribution >= 4 is 51.8 Å². The van der Waals surface area contributed by atoms with E-state index in [1.165, 1.54) is 7.11 Å². The van der Waals surface area contributed by atoms with E-state index in [1.54, 1.807) is 0 Å². The Morgan fingerprint density at radius 1 is 1.25 bits per heavy atom. The van der Waals surface area contributed by atoms with Gasteiger partial charge >= 0.3 is 5.97 Å². The third-order valence-corrected chi connectivity index (χ3v) is 5.62. The van der Waals surface area contributed by atoms with Crippen LogP contribution in [0.2, 0.25) is 0 Å². The number of fused-ring (bicyclic) bond motifs is 1. The quantitative estimate of drug-likeness (QED) is 0.353. The van der Waals surface area contributed by atoms with Crippen molar-refractivity contribution in [2.75, 3.05) is 36.9 Å². The smallest absolute Gasteiger partial charge is 0.328 e. The van der Waals surface area contributed by atoms with E-state index in [4.69, 9.17) is 38.7 Å². The fourth-order valence-electron chi connectivity index (χ4n) is 3.59. The number of amides is 1. The maximum atomic E-state index is 12.7. The van der Waals surface area contributed by atoms with Gasteiger partial charge in [-0.2, -0.15) is 0 Å². The topological polar surface area (TPSA) is 102 Å². The molecular formula is C22H33Cl2N5O3. The monoisotopic (exact) mass is 485 g/mol. The van der Waals surface area contributed by atoms with E-state index >= 15 is 0 Å². The summed E-state index contributed by atoms with van der Waals surface area (Å²) in [6, 6.07) is 4.40. The molecule has 0 fully saturated rings. The fraction of sp³-hybridized carbons (Fsp3) is 0.591. The van der Waals surface area contributed by atoms with E-state index in [0.717, 1.165) is 16.7 Å². The molecule has 0 aliphatic carbocycles. The van der Waals surface area contributed by atoms with Gasteiger partial charge in [0.15, 0.2) is 0 Å².